The van der Waals surface area contributed by atoms with E-state index in [0.29, 0.717) is 11.1 Å². The van der Waals surface area contributed by atoms with E-state index in [1.165, 1.54) is 16.7 Å². The molecule has 6 rings (SSSR count). The summed E-state index contributed by atoms with van der Waals surface area (Å²) < 4.78 is 2.16. The molecule has 180 valence electrons. The summed E-state index contributed by atoms with van der Waals surface area (Å²) in [5.74, 6) is 0.852. The lowest BCUT2D eigenvalue weighted by atomic mass is 9.97. The van der Waals surface area contributed by atoms with Gasteiger partial charge in [-0.15, -0.1) is 0 Å². The van der Waals surface area contributed by atoms with E-state index in [1.807, 2.05) is 42.5 Å². The van der Waals surface area contributed by atoms with Crippen LogP contribution in [0.3, 0.4) is 0 Å². The third kappa shape index (κ3) is 3.63. The highest BCUT2D eigenvalue weighted by atomic mass is 15.1. The second-order valence-corrected chi connectivity index (χ2v) is 9.63. The van der Waals surface area contributed by atoms with Gasteiger partial charge < -0.3 is 0 Å². The number of rotatable bonds is 3. The molecular formula is C34H24N4. The summed E-state index contributed by atoms with van der Waals surface area (Å²) in [7, 11) is 0. The van der Waals surface area contributed by atoms with Crippen LogP contribution in [0, 0.1) is 43.4 Å². The molecule has 0 saturated carbocycles. The van der Waals surface area contributed by atoms with E-state index in [1.54, 1.807) is 0 Å². The molecule has 0 radical (unpaired) electrons. The molecule has 0 bridgehead atoms. The molecule has 0 aliphatic rings. The predicted molar refractivity (Wildman–Crippen MR) is 153 cm³/mol. The topological polar surface area (TPSA) is 65.4 Å². The minimum atomic E-state index is 0.586. The fourth-order valence-electron chi connectivity index (χ4n) is 5.24. The second kappa shape index (κ2) is 9.04. The van der Waals surface area contributed by atoms with Crippen LogP contribution in [-0.4, -0.2) is 9.55 Å². The van der Waals surface area contributed by atoms with Gasteiger partial charge in [0.1, 0.15) is 5.82 Å². The van der Waals surface area contributed by atoms with E-state index in [4.69, 9.17) is 4.98 Å². The lowest BCUT2D eigenvalue weighted by Crippen LogP contribution is -2.06. The third-order valence-electron chi connectivity index (χ3n) is 7.53. The lowest BCUT2D eigenvalue weighted by Gasteiger charge is -2.18. The van der Waals surface area contributed by atoms with Crippen molar-refractivity contribution in [3.63, 3.8) is 0 Å². The highest BCUT2D eigenvalue weighted by molar-refractivity contribution is 6.10. The molecule has 6 aromatic rings. The van der Waals surface area contributed by atoms with Crippen LogP contribution in [0.2, 0.25) is 0 Å². The Hall–Kier alpha value is -5.19. The number of nitriles is 2. The molecule has 2 heterocycles. The molecule has 0 saturated heterocycles. The van der Waals surface area contributed by atoms with Gasteiger partial charge in [0.25, 0.3) is 0 Å². The molecule has 0 unspecified atom stereocenters. The van der Waals surface area contributed by atoms with Crippen LogP contribution in [0.4, 0.5) is 0 Å². The smallest absolute Gasteiger partial charge is 0.141 e. The van der Waals surface area contributed by atoms with Gasteiger partial charge in [-0.25, -0.2) is 4.98 Å². The van der Waals surface area contributed by atoms with Gasteiger partial charge in [0.2, 0.25) is 0 Å². The number of benzene rings is 4. The van der Waals surface area contributed by atoms with E-state index in [9.17, 15) is 10.5 Å². The minimum absolute atomic E-state index is 0.586. The number of hydrogen-bond acceptors (Lipinski definition) is 3. The van der Waals surface area contributed by atoms with Crippen LogP contribution in [0.15, 0.2) is 91.0 Å². The summed E-state index contributed by atoms with van der Waals surface area (Å²) in [6.45, 7) is 6.38. The van der Waals surface area contributed by atoms with E-state index >= 15 is 0 Å². The zero-order valence-electron chi connectivity index (χ0n) is 21.4. The zero-order valence-corrected chi connectivity index (χ0v) is 21.4. The molecule has 4 nitrogen and oxygen atoms in total. The summed E-state index contributed by atoms with van der Waals surface area (Å²) >= 11 is 0. The Kier molecular flexibility index (Phi) is 5.52. The van der Waals surface area contributed by atoms with Gasteiger partial charge in [-0.1, -0.05) is 54.6 Å². The van der Waals surface area contributed by atoms with Gasteiger partial charge in [-0.3, -0.25) is 4.57 Å². The molecule has 0 spiro atoms. The summed E-state index contributed by atoms with van der Waals surface area (Å²) in [5.41, 5.74) is 10.9. The maximum absolute atomic E-state index is 9.54. The Balaban J connectivity index is 1.60. The van der Waals surface area contributed by atoms with E-state index in [2.05, 4.69) is 86.0 Å². The molecule has 0 aliphatic heterocycles. The van der Waals surface area contributed by atoms with Crippen LogP contribution in [-0.2, 0) is 0 Å². The first-order chi connectivity index (χ1) is 18.5. The highest BCUT2D eigenvalue weighted by Crippen LogP contribution is 2.36. The van der Waals surface area contributed by atoms with E-state index in [0.717, 1.165) is 50.0 Å². The minimum Gasteiger partial charge on any atom is -0.294 e. The van der Waals surface area contributed by atoms with Crippen LogP contribution in [0.5, 0.6) is 0 Å². The molecule has 2 aromatic heterocycles. The number of pyridine rings is 1. The van der Waals surface area contributed by atoms with Gasteiger partial charge in [-0.2, -0.15) is 10.5 Å². The van der Waals surface area contributed by atoms with E-state index < -0.39 is 0 Å². The summed E-state index contributed by atoms with van der Waals surface area (Å²) in [6.07, 6.45) is 0. The summed E-state index contributed by atoms with van der Waals surface area (Å²) in [5, 5.41) is 20.9. The molecule has 4 heteroatoms. The van der Waals surface area contributed by atoms with Gasteiger partial charge in [0.05, 0.1) is 40.0 Å². The average molecular weight is 489 g/mol. The summed E-state index contributed by atoms with van der Waals surface area (Å²) in [4.78, 5) is 5.27. The predicted octanol–water partition coefficient (Wildman–Crippen LogP) is 8.18. The SMILES string of the molecule is Cc1c(-c2ccc(-c3ccccc3)cc2)nc(-n2c3ccc(C#N)cc3c3cc(C#N)ccc32)c(C)c1C. The maximum atomic E-state index is 9.54. The molecule has 0 atom stereocenters. The number of fused-ring (bicyclic) bond motifs is 3. The monoisotopic (exact) mass is 488 g/mol. The van der Waals surface area contributed by atoms with Crippen molar-refractivity contribution in [3.05, 3.63) is 119 Å². The number of nitrogens with zero attached hydrogens (tertiary/aromatic N) is 4. The molecule has 0 fully saturated rings. The van der Waals surface area contributed by atoms with Gasteiger partial charge >= 0.3 is 0 Å². The average Bonchev–Trinajstić information content (AvgIpc) is 3.29. The fourth-order valence-corrected chi connectivity index (χ4v) is 5.24. The zero-order chi connectivity index (χ0) is 26.4. The van der Waals surface area contributed by atoms with Gasteiger partial charge in [0.15, 0.2) is 0 Å². The van der Waals surface area contributed by atoms with Gasteiger partial charge in [-0.05, 0) is 85.0 Å². The fraction of sp³-hybridized carbons (Fsp3) is 0.0882. The van der Waals surface area contributed by atoms with Crippen molar-refractivity contribution in [3.8, 4) is 40.3 Å². The molecule has 0 amide bonds. The van der Waals surface area contributed by atoms with Crippen molar-refractivity contribution in [1.82, 2.24) is 9.55 Å². The molecule has 0 N–H and O–H groups in total. The van der Waals surface area contributed by atoms with Crippen LogP contribution >= 0.6 is 0 Å². The molecule has 38 heavy (non-hydrogen) atoms. The van der Waals surface area contributed by atoms with Crippen molar-refractivity contribution in [2.75, 3.05) is 0 Å². The first kappa shape index (κ1) is 23.2. The normalized spacial score (nSPS) is 11.0. The Morgan fingerprint density at radius 1 is 0.579 bits per heavy atom. The number of hydrogen-bond donors (Lipinski definition) is 0. The van der Waals surface area contributed by atoms with Crippen LogP contribution in [0.25, 0.3) is 50.0 Å². The highest BCUT2D eigenvalue weighted by Gasteiger charge is 2.20. The Morgan fingerprint density at radius 3 is 1.66 bits per heavy atom. The van der Waals surface area contributed by atoms with Crippen molar-refractivity contribution in [2.24, 2.45) is 0 Å². The molecule has 0 aliphatic carbocycles. The standard InChI is InChI=1S/C34H24N4/c1-21-22(2)33(28-13-11-27(12-14-28)26-7-5-4-6-8-26)37-34(23(21)3)38-31-15-9-24(19-35)17-29(31)30-18-25(20-36)10-16-32(30)38/h4-18H,1-3H3. The first-order valence-corrected chi connectivity index (χ1v) is 12.5. The number of aromatic nitrogens is 2. The van der Waals surface area contributed by atoms with Crippen LogP contribution < -0.4 is 0 Å². The quantitative estimate of drug-likeness (QED) is 0.252. The Labute approximate surface area is 221 Å². The molecule has 4 aromatic carbocycles. The van der Waals surface area contributed by atoms with Crippen molar-refractivity contribution < 1.29 is 0 Å². The maximum Gasteiger partial charge on any atom is 0.141 e. The first-order valence-electron chi connectivity index (χ1n) is 12.5. The second-order valence-electron chi connectivity index (χ2n) is 9.63. The Morgan fingerprint density at radius 2 is 1.11 bits per heavy atom. The Bertz CT molecular complexity index is 1880. The lowest BCUT2D eigenvalue weighted by molar-refractivity contribution is 1.03. The third-order valence-corrected chi connectivity index (χ3v) is 7.53. The van der Waals surface area contributed by atoms with Crippen molar-refractivity contribution in [1.29, 1.82) is 10.5 Å². The van der Waals surface area contributed by atoms with E-state index in [-0.39, 0.29) is 0 Å². The summed E-state index contributed by atoms with van der Waals surface area (Å²) in [6, 6.07) is 34.8. The van der Waals surface area contributed by atoms with Crippen molar-refractivity contribution in [2.45, 2.75) is 20.8 Å². The largest absolute Gasteiger partial charge is 0.294 e. The molecular weight excluding hydrogens is 464 g/mol. The van der Waals surface area contributed by atoms with Crippen LogP contribution in [0.1, 0.15) is 27.8 Å². The van der Waals surface area contributed by atoms with Gasteiger partial charge in [0, 0.05) is 16.3 Å². The van der Waals surface area contributed by atoms with Crippen molar-refractivity contribution >= 4 is 21.8 Å².